The van der Waals surface area contributed by atoms with E-state index in [4.69, 9.17) is 14.2 Å². The van der Waals surface area contributed by atoms with Crippen molar-refractivity contribution in [1.29, 1.82) is 0 Å². The molecule has 0 saturated carbocycles. The summed E-state index contributed by atoms with van der Waals surface area (Å²) in [6.07, 6.45) is 1.87. The number of aromatic carboxylic acids is 1. The van der Waals surface area contributed by atoms with Crippen molar-refractivity contribution in [1.82, 2.24) is 10.0 Å². The van der Waals surface area contributed by atoms with Gasteiger partial charge >= 0.3 is 5.97 Å². The number of methoxy groups -OCH3 is 1. The molecule has 2 aromatic heterocycles. The zero-order valence-corrected chi connectivity index (χ0v) is 25.4. The van der Waals surface area contributed by atoms with E-state index >= 15 is 0 Å². The Morgan fingerprint density at radius 3 is 2.78 bits per heavy atom. The first-order valence-electron chi connectivity index (χ1n) is 13.3. The number of rotatable bonds is 15. The van der Waals surface area contributed by atoms with E-state index in [0.717, 1.165) is 33.9 Å². The Kier molecular flexibility index (Phi) is 12.7. The molecule has 0 spiro atoms. The van der Waals surface area contributed by atoms with Gasteiger partial charge in [-0.25, -0.2) is 9.80 Å². The van der Waals surface area contributed by atoms with Gasteiger partial charge in [-0.2, -0.15) is 11.3 Å². The Morgan fingerprint density at radius 2 is 2.00 bits per heavy atom. The predicted octanol–water partition coefficient (Wildman–Crippen LogP) is 5.47. The SMILES string of the molecule is COCCOCO[C@H](CCN1CCSC(=O)N1CCc1ccc(C(=O)O)s1)Cc1cccc(C#Cc2ccsc2)c1. The topological polar surface area (TPSA) is 88.5 Å². The molecule has 218 valence electrons. The molecule has 4 rings (SSSR count). The molecule has 0 unspecified atom stereocenters. The molecular formula is C30H34N2O6S3. The summed E-state index contributed by atoms with van der Waals surface area (Å²) in [5, 5.41) is 17.2. The second kappa shape index (κ2) is 16.7. The molecule has 1 amide bonds. The molecule has 0 bridgehead atoms. The molecule has 41 heavy (non-hydrogen) atoms. The standard InChI is InChI=1S/C30H34N2O6S3/c1-36-15-16-37-22-38-26(20-25-4-2-3-23(19-25)5-6-24-11-17-39-21-24)9-12-31-14-18-40-30(35)32(31)13-10-27-7-8-28(41-27)29(33)34/h2-4,7-8,11,17,19,21,26H,9-10,12-16,18,20,22H2,1H3,(H,33,34)/t26-/m1/s1. The highest BCUT2D eigenvalue weighted by Gasteiger charge is 2.27. The van der Waals surface area contributed by atoms with E-state index in [1.807, 2.05) is 35.0 Å². The minimum atomic E-state index is -0.926. The fourth-order valence-electron chi connectivity index (χ4n) is 4.26. The molecule has 1 saturated heterocycles. The lowest BCUT2D eigenvalue weighted by molar-refractivity contribution is -0.104. The third-order valence-electron chi connectivity index (χ3n) is 6.36. The molecule has 8 nitrogen and oxygen atoms in total. The molecule has 0 radical (unpaired) electrons. The Hall–Kier alpha value is -2.69. The van der Waals surface area contributed by atoms with E-state index < -0.39 is 5.97 Å². The van der Waals surface area contributed by atoms with E-state index in [-0.39, 0.29) is 18.1 Å². The molecule has 11 heteroatoms. The van der Waals surface area contributed by atoms with Crippen LogP contribution in [0.15, 0.2) is 53.2 Å². The van der Waals surface area contributed by atoms with Crippen LogP contribution in [0.5, 0.6) is 0 Å². The van der Waals surface area contributed by atoms with E-state index in [1.54, 1.807) is 29.5 Å². The van der Waals surface area contributed by atoms with E-state index in [1.165, 1.54) is 23.1 Å². The summed E-state index contributed by atoms with van der Waals surface area (Å²) in [6.45, 7) is 3.02. The minimum Gasteiger partial charge on any atom is -0.477 e. The maximum Gasteiger partial charge on any atom is 0.345 e. The predicted molar refractivity (Wildman–Crippen MR) is 164 cm³/mol. The number of benzene rings is 1. The van der Waals surface area contributed by atoms with Crippen molar-refractivity contribution in [2.75, 3.05) is 52.5 Å². The third-order valence-corrected chi connectivity index (χ3v) is 9.02. The molecule has 3 heterocycles. The highest BCUT2D eigenvalue weighted by atomic mass is 32.2. The molecular weight excluding hydrogens is 581 g/mol. The number of thioether (sulfide) groups is 1. The summed E-state index contributed by atoms with van der Waals surface area (Å²) in [6, 6.07) is 13.7. The summed E-state index contributed by atoms with van der Waals surface area (Å²) >= 11 is 4.20. The monoisotopic (exact) mass is 614 g/mol. The van der Waals surface area contributed by atoms with Crippen LogP contribution < -0.4 is 0 Å². The number of nitrogens with zero attached hydrogens (tertiary/aromatic N) is 2. The van der Waals surface area contributed by atoms with Gasteiger partial charge < -0.3 is 19.3 Å². The zero-order valence-electron chi connectivity index (χ0n) is 23.0. The van der Waals surface area contributed by atoms with Gasteiger partial charge in [-0.1, -0.05) is 35.7 Å². The number of carboxylic acids is 1. The molecule has 1 fully saturated rings. The first-order valence-corrected chi connectivity index (χ1v) is 16.1. The van der Waals surface area contributed by atoms with Gasteiger partial charge in [0.05, 0.1) is 19.3 Å². The van der Waals surface area contributed by atoms with Gasteiger partial charge in [0.1, 0.15) is 11.7 Å². The van der Waals surface area contributed by atoms with Crippen LogP contribution in [0.4, 0.5) is 4.79 Å². The first-order chi connectivity index (χ1) is 20.0. The summed E-state index contributed by atoms with van der Waals surface area (Å²) in [4.78, 5) is 25.3. The van der Waals surface area contributed by atoms with Crippen LogP contribution in [-0.4, -0.2) is 84.9 Å². The highest BCUT2D eigenvalue weighted by Crippen LogP contribution is 2.23. The van der Waals surface area contributed by atoms with Crippen molar-refractivity contribution in [3.05, 3.63) is 79.7 Å². The number of ether oxygens (including phenoxy) is 3. The number of hydrogen-bond acceptors (Lipinski definition) is 9. The Bertz CT molecular complexity index is 1320. The highest BCUT2D eigenvalue weighted by molar-refractivity contribution is 8.13. The van der Waals surface area contributed by atoms with Crippen LogP contribution in [0.2, 0.25) is 0 Å². The van der Waals surface area contributed by atoms with E-state index in [0.29, 0.717) is 50.4 Å². The number of carbonyl (C=O) groups is 2. The van der Waals surface area contributed by atoms with Crippen molar-refractivity contribution in [3.8, 4) is 11.8 Å². The van der Waals surface area contributed by atoms with Crippen molar-refractivity contribution in [3.63, 3.8) is 0 Å². The smallest absolute Gasteiger partial charge is 0.345 e. The molecule has 1 aliphatic heterocycles. The van der Waals surface area contributed by atoms with Crippen LogP contribution >= 0.6 is 34.4 Å². The number of thiophene rings is 2. The Balaban J connectivity index is 1.38. The number of hydrogen-bond donors (Lipinski definition) is 1. The van der Waals surface area contributed by atoms with Crippen molar-refractivity contribution < 1.29 is 28.9 Å². The summed E-state index contributed by atoms with van der Waals surface area (Å²) in [5.74, 6) is 6.26. The molecule has 0 aliphatic carbocycles. The van der Waals surface area contributed by atoms with Gasteiger partial charge in [0, 0.05) is 60.3 Å². The van der Waals surface area contributed by atoms with Crippen LogP contribution in [-0.2, 0) is 27.1 Å². The fraction of sp³-hybridized carbons (Fsp3) is 0.400. The largest absolute Gasteiger partial charge is 0.477 e. The molecule has 1 aromatic carbocycles. The normalized spacial score (nSPS) is 14.6. The third kappa shape index (κ3) is 10.3. The molecule has 3 aromatic rings. The van der Waals surface area contributed by atoms with Gasteiger partial charge in [0.25, 0.3) is 5.24 Å². The van der Waals surface area contributed by atoms with Gasteiger partial charge in [-0.15, -0.1) is 11.3 Å². The lowest BCUT2D eigenvalue weighted by atomic mass is 10.0. The Morgan fingerprint density at radius 1 is 1.12 bits per heavy atom. The van der Waals surface area contributed by atoms with Crippen LogP contribution in [0.1, 0.15) is 37.7 Å². The van der Waals surface area contributed by atoms with E-state index in [2.05, 4.69) is 29.0 Å². The van der Waals surface area contributed by atoms with Crippen molar-refractivity contribution in [2.45, 2.75) is 25.4 Å². The minimum absolute atomic E-state index is 0.0172. The van der Waals surface area contributed by atoms with Gasteiger partial charge in [0.15, 0.2) is 0 Å². The number of hydrazine groups is 1. The fourth-order valence-corrected chi connectivity index (χ4v) is 6.51. The van der Waals surface area contributed by atoms with Crippen LogP contribution in [0.25, 0.3) is 0 Å². The van der Waals surface area contributed by atoms with Crippen molar-refractivity contribution in [2.24, 2.45) is 0 Å². The number of carbonyl (C=O) groups excluding carboxylic acids is 1. The summed E-state index contributed by atoms with van der Waals surface area (Å²) < 4.78 is 16.8. The number of carboxylic acid groups (broad SMARTS) is 1. The molecule has 1 N–H and O–H groups in total. The van der Waals surface area contributed by atoms with E-state index in [9.17, 15) is 14.7 Å². The zero-order chi connectivity index (χ0) is 28.9. The van der Waals surface area contributed by atoms with Crippen LogP contribution in [0.3, 0.4) is 0 Å². The van der Waals surface area contributed by atoms with Crippen molar-refractivity contribution >= 4 is 45.6 Å². The number of amides is 1. The van der Waals surface area contributed by atoms with Gasteiger partial charge in [-0.3, -0.25) is 9.80 Å². The second-order valence-corrected chi connectivity index (χ2v) is 12.3. The van der Waals surface area contributed by atoms with Gasteiger partial charge in [0.2, 0.25) is 0 Å². The second-order valence-electron chi connectivity index (χ2n) is 9.28. The summed E-state index contributed by atoms with van der Waals surface area (Å²) in [7, 11) is 1.63. The van der Waals surface area contributed by atoms with Gasteiger partial charge in [-0.05, 0) is 54.1 Å². The molecule has 1 atom stereocenters. The Labute approximate surface area is 253 Å². The summed E-state index contributed by atoms with van der Waals surface area (Å²) in [5.41, 5.74) is 3.08. The average Bonchev–Trinajstić information content (AvgIpc) is 3.67. The first kappa shape index (κ1) is 31.3. The lowest BCUT2D eigenvalue weighted by Gasteiger charge is -2.38. The van der Waals surface area contributed by atoms with Crippen LogP contribution in [0, 0.1) is 11.8 Å². The average molecular weight is 615 g/mol. The maximum atomic E-state index is 12.8. The lowest BCUT2D eigenvalue weighted by Crippen LogP contribution is -2.51. The maximum absolute atomic E-state index is 12.8. The quantitative estimate of drug-likeness (QED) is 0.137. The molecule has 1 aliphatic rings.